The maximum absolute atomic E-state index is 13.0. The lowest BCUT2D eigenvalue weighted by Gasteiger charge is -2.26. The van der Waals surface area contributed by atoms with Gasteiger partial charge < -0.3 is 28.7 Å². The van der Waals surface area contributed by atoms with Gasteiger partial charge in [-0.3, -0.25) is 9.59 Å². The second kappa shape index (κ2) is 10.9. The molecule has 0 aromatic heterocycles. The van der Waals surface area contributed by atoms with E-state index in [0.717, 1.165) is 0 Å². The number of rotatable bonds is 10. The molecule has 0 aliphatic carbocycles. The number of benzene rings is 1. The molecule has 1 aromatic rings. The minimum absolute atomic E-state index is 0.0902. The molecule has 0 aliphatic heterocycles. The first-order valence-electron chi connectivity index (χ1n) is 9.44. The summed E-state index contributed by atoms with van der Waals surface area (Å²) >= 11 is 0. The van der Waals surface area contributed by atoms with Crippen molar-refractivity contribution in [3.05, 3.63) is 17.7 Å². The molecule has 0 bridgehead atoms. The van der Waals surface area contributed by atoms with Crippen LogP contribution in [-0.2, 0) is 20.7 Å². The van der Waals surface area contributed by atoms with Crippen LogP contribution < -0.4 is 14.2 Å². The second-order valence-electron chi connectivity index (χ2n) is 7.92. The number of amides is 1. The molecule has 0 saturated heterocycles. The van der Waals surface area contributed by atoms with Gasteiger partial charge in [-0.05, 0) is 52.6 Å². The molecule has 0 heterocycles. The smallest absolute Gasteiger partial charge is 0.326 e. The summed E-state index contributed by atoms with van der Waals surface area (Å²) in [5.41, 5.74) is 0.0906. The van der Waals surface area contributed by atoms with Crippen molar-refractivity contribution in [2.75, 3.05) is 55.1 Å². The van der Waals surface area contributed by atoms with Crippen LogP contribution in [0.4, 0.5) is 0 Å². The van der Waals surface area contributed by atoms with Gasteiger partial charge in [0.25, 0.3) is 0 Å². The van der Waals surface area contributed by atoms with Crippen LogP contribution in [-0.4, -0.2) is 82.3 Å². The van der Waals surface area contributed by atoms with Gasteiger partial charge in [0.1, 0.15) is 12.1 Å². The summed E-state index contributed by atoms with van der Waals surface area (Å²) in [6.07, 6.45) is 0.0902. The van der Waals surface area contributed by atoms with Crippen LogP contribution in [0.5, 0.6) is 17.2 Å². The number of likely N-dealkylation sites (N-methyl/N-ethyl adjacent to an activating group) is 1. The normalized spacial score (nSPS) is 11.2. The number of methoxy groups -OCH3 is 3. The summed E-state index contributed by atoms with van der Waals surface area (Å²) in [7, 11) is 8.39. The Balaban J connectivity index is 3.02. The van der Waals surface area contributed by atoms with Crippen LogP contribution in [0, 0.1) is 0 Å². The molecule has 8 heteroatoms. The predicted molar refractivity (Wildman–Crippen MR) is 111 cm³/mol. The maximum Gasteiger partial charge on any atom is 0.326 e. The van der Waals surface area contributed by atoms with E-state index in [4.69, 9.17) is 18.9 Å². The van der Waals surface area contributed by atoms with Crippen molar-refractivity contribution in [2.45, 2.75) is 32.8 Å². The van der Waals surface area contributed by atoms with E-state index in [9.17, 15) is 9.59 Å². The van der Waals surface area contributed by atoms with Gasteiger partial charge in [-0.1, -0.05) is 0 Å². The Morgan fingerprint density at radius 3 is 1.90 bits per heavy atom. The Morgan fingerprint density at radius 2 is 1.48 bits per heavy atom. The summed E-state index contributed by atoms with van der Waals surface area (Å²) in [5.74, 6) is 0.786. The van der Waals surface area contributed by atoms with Crippen molar-refractivity contribution in [1.82, 2.24) is 9.80 Å². The van der Waals surface area contributed by atoms with Crippen LogP contribution in [0.15, 0.2) is 12.1 Å². The number of esters is 1. The molecule has 0 N–H and O–H groups in total. The summed E-state index contributed by atoms with van der Waals surface area (Å²) < 4.78 is 21.4. The quantitative estimate of drug-likeness (QED) is 0.546. The van der Waals surface area contributed by atoms with Crippen LogP contribution in [0.25, 0.3) is 0 Å². The monoisotopic (exact) mass is 410 g/mol. The van der Waals surface area contributed by atoms with Crippen LogP contribution in [0.1, 0.15) is 26.3 Å². The lowest BCUT2D eigenvalue weighted by Crippen LogP contribution is -2.42. The standard InChI is InChI=1S/C21H34N2O6/c1-21(2,3)29-19(25)14-23(10-9-22(4)5)18(24)13-15-11-16(26-6)20(28-8)17(12-15)27-7/h11-12H,9-10,13-14H2,1-8H3. The summed E-state index contributed by atoms with van der Waals surface area (Å²) in [4.78, 5) is 28.7. The fourth-order valence-corrected chi connectivity index (χ4v) is 2.67. The third-order valence-electron chi connectivity index (χ3n) is 3.99. The fourth-order valence-electron chi connectivity index (χ4n) is 2.67. The van der Waals surface area contributed by atoms with E-state index in [1.54, 1.807) is 32.9 Å². The largest absolute Gasteiger partial charge is 0.493 e. The molecular formula is C21H34N2O6. The van der Waals surface area contributed by atoms with Gasteiger partial charge in [-0.25, -0.2) is 0 Å². The van der Waals surface area contributed by atoms with Crippen molar-refractivity contribution in [2.24, 2.45) is 0 Å². The highest BCUT2D eigenvalue weighted by atomic mass is 16.6. The van der Waals surface area contributed by atoms with Crippen molar-refractivity contribution in [3.8, 4) is 17.2 Å². The molecule has 0 fully saturated rings. The SMILES string of the molecule is COc1cc(CC(=O)N(CCN(C)C)CC(=O)OC(C)(C)C)cc(OC)c1OC. The number of hydrogen-bond donors (Lipinski definition) is 0. The first-order valence-corrected chi connectivity index (χ1v) is 9.44. The Hall–Kier alpha value is -2.48. The zero-order chi connectivity index (χ0) is 22.2. The van der Waals surface area contributed by atoms with E-state index in [1.807, 2.05) is 19.0 Å². The number of hydrogen-bond acceptors (Lipinski definition) is 7. The third kappa shape index (κ3) is 8.19. The van der Waals surface area contributed by atoms with E-state index in [0.29, 0.717) is 35.9 Å². The molecule has 1 rings (SSSR count). The Labute approximate surface area is 173 Å². The number of carbonyl (C=O) groups is 2. The minimum Gasteiger partial charge on any atom is -0.493 e. The van der Waals surface area contributed by atoms with Crippen LogP contribution in [0.3, 0.4) is 0 Å². The molecule has 0 unspecified atom stereocenters. The molecule has 1 aromatic carbocycles. The fraction of sp³-hybridized carbons (Fsp3) is 0.619. The zero-order valence-electron chi connectivity index (χ0n) is 18.8. The minimum atomic E-state index is -0.607. The topological polar surface area (TPSA) is 77.5 Å². The maximum atomic E-state index is 13.0. The Bertz CT molecular complexity index is 672. The van der Waals surface area contributed by atoms with Crippen molar-refractivity contribution in [1.29, 1.82) is 0 Å². The van der Waals surface area contributed by atoms with E-state index in [2.05, 4.69) is 0 Å². The number of carbonyl (C=O) groups excluding carboxylic acids is 2. The molecule has 29 heavy (non-hydrogen) atoms. The molecule has 8 nitrogen and oxygen atoms in total. The van der Waals surface area contributed by atoms with Gasteiger partial charge in [-0.2, -0.15) is 0 Å². The predicted octanol–water partition coefficient (Wildman–Crippen LogP) is 1.99. The number of nitrogens with zero attached hydrogens (tertiary/aromatic N) is 2. The molecule has 1 amide bonds. The molecule has 164 valence electrons. The van der Waals surface area contributed by atoms with Crippen molar-refractivity contribution >= 4 is 11.9 Å². The molecule has 0 saturated carbocycles. The van der Waals surface area contributed by atoms with E-state index in [1.165, 1.54) is 26.2 Å². The molecule has 0 aliphatic rings. The lowest BCUT2D eigenvalue weighted by molar-refractivity contribution is -0.158. The van der Waals surface area contributed by atoms with Gasteiger partial charge in [0.15, 0.2) is 11.5 Å². The van der Waals surface area contributed by atoms with E-state index >= 15 is 0 Å². The summed E-state index contributed by atoms with van der Waals surface area (Å²) in [6.45, 7) is 6.33. The van der Waals surface area contributed by atoms with Crippen LogP contribution in [0.2, 0.25) is 0 Å². The highest BCUT2D eigenvalue weighted by Crippen LogP contribution is 2.38. The summed E-state index contributed by atoms with van der Waals surface area (Å²) in [6, 6.07) is 3.47. The average molecular weight is 411 g/mol. The highest BCUT2D eigenvalue weighted by Gasteiger charge is 2.23. The molecule has 0 atom stereocenters. The average Bonchev–Trinajstić information content (AvgIpc) is 2.62. The van der Waals surface area contributed by atoms with Gasteiger partial charge in [0.05, 0.1) is 27.8 Å². The zero-order valence-corrected chi connectivity index (χ0v) is 18.8. The third-order valence-corrected chi connectivity index (χ3v) is 3.99. The second-order valence-corrected chi connectivity index (χ2v) is 7.92. The molecular weight excluding hydrogens is 376 g/mol. The lowest BCUT2D eigenvalue weighted by atomic mass is 10.1. The Kier molecular flexibility index (Phi) is 9.23. The number of ether oxygens (including phenoxy) is 4. The highest BCUT2D eigenvalue weighted by molar-refractivity contribution is 5.84. The van der Waals surface area contributed by atoms with Gasteiger partial charge in [0.2, 0.25) is 11.7 Å². The molecule has 0 radical (unpaired) electrons. The first kappa shape index (κ1) is 24.6. The first-order chi connectivity index (χ1) is 13.5. The van der Waals surface area contributed by atoms with E-state index < -0.39 is 11.6 Å². The molecule has 0 spiro atoms. The van der Waals surface area contributed by atoms with Gasteiger partial charge >= 0.3 is 5.97 Å². The Morgan fingerprint density at radius 1 is 0.931 bits per heavy atom. The van der Waals surface area contributed by atoms with Gasteiger partial charge in [-0.15, -0.1) is 0 Å². The van der Waals surface area contributed by atoms with Crippen molar-refractivity contribution in [3.63, 3.8) is 0 Å². The van der Waals surface area contributed by atoms with Crippen molar-refractivity contribution < 1.29 is 28.5 Å². The van der Waals surface area contributed by atoms with Gasteiger partial charge in [0, 0.05) is 13.1 Å². The summed E-state index contributed by atoms with van der Waals surface area (Å²) in [5, 5.41) is 0. The van der Waals surface area contributed by atoms with E-state index in [-0.39, 0.29) is 18.9 Å². The van der Waals surface area contributed by atoms with Crippen LogP contribution >= 0.6 is 0 Å².